The van der Waals surface area contributed by atoms with Crippen LogP contribution in [-0.2, 0) is 6.42 Å². The van der Waals surface area contributed by atoms with Crippen LogP contribution in [0, 0.1) is 22.7 Å². The zero-order valence-electron chi connectivity index (χ0n) is 12.4. The summed E-state index contributed by atoms with van der Waals surface area (Å²) in [6.07, 6.45) is 2.46. The maximum Gasteiger partial charge on any atom is 0.161 e. The number of rotatable bonds is 3. The summed E-state index contributed by atoms with van der Waals surface area (Å²) in [4.78, 5) is 2.01. The molecule has 1 aliphatic heterocycles. The van der Waals surface area contributed by atoms with Gasteiger partial charge in [-0.05, 0) is 36.6 Å². The summed E-state index contributed by atoms with van der Waals surface area (Å²) in [5.74, 6) is 1.41. The van der Waals surface area contributed by atoms with Crippen molar-refractivity contribution in [2.75, 3.05) is 20.8 Å². The number of hydrogen-bond acceptors (Lipinski definition) is 5. The van der Waals surface area contributed by atoms with Crippen LogP contribution in [-0.4, -0.2) is 25.7 Å². The molecule has 5 nitrogen and oxygen atoms in total. The fraction of sp³-hybridized carbons (Fsp3) is 0.375. The second-order valence-electron chi connectivity index (χ2n) is 4.84. The van der Waals surface area contributed by atoms with E-state index < -0.39 is 0 Å². The van der Waals surface area contributed by atoms with Crippen molar-refractivity contribution in [3.63, 3.8) is 0 Å². The lowest BCUT2D eigenvalue weighted by atomic mass is 9.93. The zero-order valence-corrected chi connectivity index (χ0v) is 12.4. The van der Waals surface area contributed by atoms with Crippen molar-refractivity contribution < 1.29 is 9.47 Å². The largest absolute Gasteiger partial charge is 0.493 e. The highest BCUT2D eigenvalue weighted by Gasteiger charge is 2.24. The van der Waals surface area contributed by atoms with Gasteiger partial charge in [-0.15, -0.1) is 0 Å². The van der Waals surface area contributed by atoms with E-state index in [4.69, 9.17) is 20.0 Å². The molecule has 1 aliphatic rings. The molecular formula is C16H17N3O2. The molecule has 0 aliphatic carbocycles. The predicted molar refractivity (Wildman–Crippen MR) is 77.7 cm³/mol. The highest BCUT2D eigenvalue weighted by atomic mass is 16.5. The molecule has 0 saturated carbocycles. The van der Waals surface area contributed by atoms with Gasteiger partial charge in [0.1, 0.15) is 17.7 Å². The Hall–Kier alpha value is -2.66. The summed E-state index contributed by atoms with van der Waals surface area (Å²) < 4.78 is 10.7. The van der Waals surface area contributed by atoms with Crippen molar-refractivity contribution in [1.29, 1.82) is 10.5 Å². The predicted octanol–water partition coefficient (Wildman–Crippen LogP) is 2.55. The average molecular weight is 283 g/mol. The molecule has 5 heteroatoms. The minimum Gasteiger partial charge on any atom is -0.493 e. The van der Waals surface area contributed by atoms with Crippen molar-refractivity contribution in [3.8, 4) is 23.6 Å². The molecule has 1 atom stereocenters. The number of nitrogens with zero attached hydrogens (tertiary/aromatic N) is 3. The van der Waals surface area contributed by atoms with Crippen LogP contribution in [0.2, 0.25) is 0 Å². The molecule has 0 N–H and O–H groups in total. The third-order valence-electron chi connectivity index (χ3n) is 3.77. The maximum absolute atomic E-state index is 8.88. The van der Waals surface area contributed by atoms with Gasteiger partial charge in [0.15, 0.2) is 11.5 Å². The van der Waals surface area contributed by atoms with Gasteiger partial charge >= 0.3 is 0 Å². The molecule has 21 heavy (non-hydrogen) atoms. The van der Waals surface area contributed by atoms with E-state index in [0.29, 0.717) is 5.75 Å². The van der Waals surface area contributed by atoms with Crippen LogP contribution in [0.4, 0.5) is 0 Å². The molecule has 0 unspecified atom stereocenters. The average Bonchev–Trinajstić information content (AvgIpc) is 2.53. The minimum absolute atomic E-state index is 0.0743. The van der Waals surface area contributed by atoms with E-state index in [9.17, 15) is 0 Å². The maximum atomic E-state index is 8.88. The quantitative estimate of drug-likeness (QED) is 0.797. The molecule has 108 valence electrons. The van der Waals surface area contributed by atoms with Crippen molar-refractivity contribution in [2.45, 2.75) is 19.4 Å². The summed E-state index contributed by atoms with van der Waals surface area (Å²) in [5.41, 5.74) is 2.46. The molecular weight excluding hydrogens is 266 g/mol. The number of methoxy groups -OCH3 is 2. The lowest BCUT2D eigenvalue weighted by Crippen LogP contribution is -2.30. The van der Waals surface area contributed by atoms with Gasteiger partial charge < -0.3 is 14.4 Å². The Bertz CT molecular complexity index is 637. The minimum atomic E-state index is 0.0743. The summed E-state index contributed by atoms with van der Waals surface area (Å²) in [6, 6.07) is 7.84. The molecule has 0 saturated heterocycles. The first-order valence-electron chi connectivity index (χ1n) is 6.67. The van der Waals surface area contributed by atoms with Crippen LogP contribution in [0.3, 0.4) is 0 Å². The monoisotopic (exact) mass is 283 g/mol. The number of benzene rings is 1. The number of nitriles is 2. The number of fused-ring (bicyclic) bond motifs is 1. The van der Waals surface area contributed by atoms with Gasteiger partial charge in [-0.25, -0.2) is 0 Å². The normalized spacial score (nSPS) is 16.2. The molecule has 1 heterocycles. The smallest absolute Gasteiger partial charge is 0.161 e. The standard InChI is InChI=1S/C16H17N3O2/c1-11-14-7-16(21-3)15(20-2)6-13(14)4-5-19(11)10-12(8-17)9-18/h6-7,10-11H,4-5H2,1-3H3/t11-/m0/s1. The zero-order chi connectivity index (χ0) is 15.4. The molecule has 0 radical (unpaired) electrons. The second kappa shape index (κ2) is 6.19. The molecule has 0 spiro atoms. The van der Waals surface area contributed by atoms with Crippen LogP contribution >= 0.6 is 0 Å². The first kappa shape index (κ1) is 14.7. The van der Waals surface area contributed by atoms with Crippen molar-refractivity contribution in [2.24, 2.45) is 0 Å². The molecule has 0 bridgehead atoms. The first-order chi connectivity index (χ1) is 10.1. The number of allylic oxidation sites excluding steroid dienone is 1. The van der Waals surface area contributed by atoms with Gasteiger partial charge in [-0.2, -0.15) is 10.5 Å². The van der Waals surface area contributed by atoms with E-state index in [1.807, 2.05) is 36.1 Å². The van der Waals surface area contributed by atoms with Crippen molar-refractivity contribution in [1.82, 2.24) is 4.90 Å². The summed E-state index contributed by atoms with van der Waals surface area (Å²) >= 11 is 0. The number of ether oxygens (including phenoxy) is 2. The van der Waals surface area contributed by atoms with Crippen LogP contribution < -0.4 is 9.47 Å². The highest BCUT2D eigenvalue weighted by molar-refractivity contribution is 5.49. The fourth-order valence-electron chi connectivity index (χ4n) is 2.59. The molecule has 1 aromatic rings. The number of hydrogen-bond donors (Lipinski definition) is 0. The van der Waals surface area contributed by atoms with Gasteiger partial charge in [0.05, 0.1) is 20.3 Å². The van der Waals surface area contributed by atoms with E-state index in [2.05, 4.69) is 0 Å². The topological polar surface area (TPSA) is 69.3 Å². The van der Waals surface area contributed by atoms with Crippen LogP contribution in [0.25, 0.3) is 0 Å². The highest BCUT2D eigenvalue weighted by Crippen LogP contribution is 2.38. The van der Waals surface area contributed by atoms with E-state index in [1.54, 1.807) is 20.4 Å². The lowest BCUT2D eigenvalue weighted by Gasteiger charge is -2.35. The van der Waals surface area contributed by atoms with E-state index in [0.717, 1.165) is 24.3 Å². The SMILES string of the molecule is COc1cc2c(cc1OC)[C@H](C)N(C=C(C#N)C#N)CC2. The Balaban J connectivity index is 2.40. The Morgan fingerprint density at radius 2 is 1.86 bits per heavy atom. The summed E-state index contributed by atoms with van der Waals surface area (Å²) in [7, 11) is 3.23. The van der Waals surface area contributed by atoms with Crippen molar-refractivity contribution >= 4 is 0 Å². The third-order valence-corrected chi connectivity index (χ3v) is 3.77. The van der Waals surface area contributed by atoms with Gasteiger partial charge in [0, 0.05) is 12.7 Å². The Morgan fingerprint density at radius 1 is 1.24 bits per heavy atom. The Labute approximate surface area is 124 Å². The van der Waals surface area contributed by atoms with Crippen LogP contribution in [0.5, 0.6) is 11.5 Å². The molecule has 1 aromatic carbocycles. The van der Waals surface area contributed by atoms with Gasteiger partial charge in [0.2, 0.25) is 0 Å². The lowest BCUT2D eigenvalue weighted by molar-refractivity contribution is 0.278. The van der Waals surface area contributed by atoms with Crippen molar-refractivity contribution in [3.05, 3.63) is 35.0 Å². The van der Waals surface area contributed by atoms with Crippen LogP contribution in [0.15, 0.2) is 23.9 Å². The summed E-state index contributed by atoms with van der Waals surface area (Å²) in [5, 5.41) is 17.8. The second-order valence-corrected chi connectivity index (χ2v) is 4.84. The fourth-order valence-corrected chi connectivity index (χ4v) is 2.59. The first-order valence-corrected chi connectivity index (χ1v) is 6.67. The Kier molecular flexibility index (Phi) is 4.35. The van der Waals surface area contributed by atoms with Gasteiger partial charge in [-0.1, -0.05) is 0 Å². The van der Waals surface area contributed by atoms with Gasteiger partial charge in [0.25, 0.3) is 0 Å². The molecule has 0 amide bonds. The molecule has 0 fully saturated rings. The van der Waals surface area contributed by atoms with E-state index in [1.165, 1.54) is 5.56 Å². The summed E-state index contributed by atoms with van der Waals surface area (Å²) in [6.45, 7) is 2.81. The third kappa shape index (κ3) is 2.78. The van der Waals surface area contributed by atoms with E-state index >= 15 is 0 Å². The van der Waals surface area contributed by atoms with E-state index in [-0.39, 0.29) is 11.6 Å². The van der Waals surface area contributed by atoms with Crippen LogP contribution in [0.1, 0.15) is 24.1 Å². The molecule has 0 aromatic heterocycles. The van der Waals surface area contributed by atoms with Gasteiger partial charge in [-0.3, -0.25) is 0 Å². The molecule has 2 rings (SSSR count). The Morgan fingerprint density at radius 3 is 2.43 bits per heavy atom.